The Kier molecular flexibility index (Phi) is 18.6. The molecule has 0 aromatic carbocycles. The Labute approximate surface area is 129 Å². The SMILES string of the molecule is CC1=[C-]C(C)(C)C(C)=C1C.O=CO.O=CO.[Cl-].[Ti]. The number of hydrogen-bond donors (Lipinski definition) is 2. The molecule has 6 heteroatoms. The van der Waals surface area contributed by atoms with Crippen LogP contribution in [0.3, 0.4) is 0 Å². The van der Waals surface area contributed by atoms with E-state index in [1.54, 1.807) is 0 Å². The summed E-state index contributed by atoms with van der Waals surface area (Å²) in [6, 6.07) is 0. The van der Waals surface area contributed by atoms with Gasteiger partial charge in [0, 0.05) is 21.7 Å². The molecule has 1 aliphatic rings. The molecular weight excluding hydrogens is 291 g/mol. The van der Waals surface area contributed by atoms with Gasteiger partial charge in [-0.15, -0.1) is 6.92 Å². The van der Waals surface area contributed by atoms with Gasteiger partial charge in [0.05, 0.1) is 0 Å². The molecule has 0 bridgehead atoms. The molecule has 4 nitrogen and oxygen atoms in total. The van der Waals surface area contributed by atoms with E-state index < -0.39 is 0 Å². The summed E-state index contributed by atoms with van der Waals surface area (Å²) in [5, 5.41) is 13.8. The molecule has 0 spiro atoms. The van der Waals surface area contributed by atoms with Crippen molar-refractivity contribution in [2.45, 2.75) is 34.6 Å². The summed E-state index contributed by atoms with van der Waals surface area (Å²) < 4.78 is 0. The molecule has 0 saturated heterocycles. The van der Waals surface area contributed by atoms with Crippen LogP contribution in [0.5, 0.6) is 0 Å². The summed E-state index contributed by atoms with van der Waals surface area (Å²) in [6.45, 7) is 10.4. The van der Waals surface area contributed by atoms with Gasteiger partial charge in [-0.1, -0.05) is 33.1 Å². The molecule has 1 aliphatic carbocycles. The molecule has 18 heavy (non-hydrogen) atoms. The van der Waals surface area contributed by atoms with Crippen molar-refractivity contribution < 1.29 is 53.9 Å². The Morgan fingerprint density at radius 3 is 1.39 bits per heavy atom. The number of halogens is 1. The first-order valence-corrected chi connectivity index (χ1v) is 4.74. The maximum Gasteiger partial charge on any atom is 0.290 e. The molecule has 104 valence electrons. The number of rotatable bonds is 0. The van der Waals surface area contributed by atoms with E-state index in [1.807, 2.05) is 0 Å². The molecular formula is C12H19ClO4Ti-2. The van der Waals surface area contributed by atoms with Crippen molar-refractivity contribution in [3.63, 3.8) is 0 Å². The van der Waals surface area contributed by atoms with E-state index in [9.17, 15) is 0 Å². The minimum absolute atomic E-state index is 0. The molecule has 0 atom stereocenters. The van der Waals surface area contributed by atoms with Gasteiger partial charge < -0.3 is 22.6 Å². The zero-order valence-corrected chi connectivity index (χ0v) is 13.6. The van der Waals surface area contributed by atoms with E-state index in [1.165, 1.54) is 16.7 Å². The predicted molar refractivity (Wildman–Crippen MR) is 62.0 cm³/mol. The van der Waals surface area contributed by atoms with E-state index in [2.05, 4.69) is 40.7 Å². The Morgan fingerprint density at radius 2 is 1.33 bits per heavy atom. The third-order valence-electron chi connectivity index (χ3n) is 2.56. The fourth-order valence-corrected chi connectivity index (χ4v) is 1.41. The summed E-state index contributed by atoms with van der Waals surface area (Å²) in [5.41, 5.74) is 4.39. The number of hydrogen-bond acceptors (Lipinski definition) is 2. The van der Waals surface area contributed by atoms with Crippen LogP contribution in [-0.4, -0.2) is 23.2 Å². The fraction of sp³-hybridized carbons (Fsp3) is 0.500. The van der Waals surface area contributed by atoms with Crippen LogP contribution >= 0.6 is 0 Å². The number of carbonyl (C=O) groups is 2. The molecule has 0 heterocycles. The van der Waals surface area contributed by atoms with Crippen LogP contribution in [0.25, 0.3) is 0 Å². The minimum atomic E-state index is -0.250. The van der Waals surface area contributed by atoms with Gasteiger partial charge >= 0.3 is 0 Å². The number of carboxylic acid groups (broad SMARTS) is 2. The maximum atomic E-state index is 8.36. The quantitative estimate of drug-likeness (QED) is 0.360. The Balaban J connectivity index is -0.000000106. The molecule has 0 aromatic heterocycles. The maximum absolute atomic E-state index is 8.36. The molecule has 0 fully saturated rings. The van der Waals surface area contributed by atoms with Crippen LogP contribution < -0.4 is 12.4 Å². The van der Waals surface area contributed by atoms with Gasteiger partial charge in [-0.3, -0.25) is 15.7 Å². The van der Waals surface area contributed by atoms with Gasteiger partial charge in [0.1, 0.15) is 0 Å². The van der Waals surface area contributed by atoms with Crippen molar-refractivity contribution >= 4 is 12.9 Å². The van der Waals surface area contributed by atoms with Crippen molar-refractivity contribution in [3.05, 3.63) is 22.8 Å². The largest absolute Gasteiger partial charge is 1.00 e. The van der Waals surface area contributed by atoms with Gasteiger partial charge in [-0.2, -0.15) is 11.1 Å². The first-order valence-electron chi connectivity index (χ1n) is 4.74. The van der Waals surface area contributed by atoms with E-state index in [0.29, 0.717) is 0 Å². The summed E-state index contributed by atoms with van der Waals surface area (Å²) in [4.78, 5) is 16.7. The van der Waals surface area contributed by atoms with Crippen LogP contribution in [-0.2, 0) is 31.3 Å². The third kappa shape index (κ3) is 9.45. The zero-order valence-electron chi connectivity index (χ0n) is 11.2. The summed E-state index contributed by atoms with van der Waals surface area (Å²) >= 11 is 0. The molecule has 0 unspecified atom stereocenters. The monoisotopic (exact) mass is 310 g/mol. The summed E-state index contributed by atoms with van der Waals surface area (Å²) in [6.07, 6.45) is 3.44. The average molecular weight is 311 g/mol. The Morgan fingerprint density at radius 1 is 1.06 bits per heavy atom. The van der Waals surface area contributed by atoms with Crippen molar-refractivity contribution in [3.8, 4) is 0 Å². The van der Waals surface area contributed by atoms with Crippen LogP contribution in [0.1, 0.15) is 34.6 Å². The van der Waals surface area contributed by atoms with Crippen molar-refractivity contribution in [1.29, 1.82) is 0 Å². The zero-order chi connectivity index (χ0) is 13.4. The second-order valence-corrected chi connectivity index (χ2v) is 3.84. The molecule has 0 saturated carbocycles. The minimum Gasteiger partial charge on any atom is -1.00 e. The van der Waals surface area contributed by atoms with E-state index >= 15 is 0 Å². The second-order valence-electron chi connectivity index (χ2n) is 3.84. The predicted octanol–water partition coefficient (Wildman–Crippen LogP) is -0.485. The fourth-order valence-electron chi connectivity index (χ4n) is 1.41. The molecule has 0 amide bonds. The number of allylic oxidation sites excluding steroid dienone is 4. The second kappa shape index (κ2) is 12.9. The van der Waals surface area contributed by atoms with Crippen molar-refractivity contribution in [2.24, 2.45) is 5.41 Å². The van der Waals surface area contributed by atoms with Gasteiger partial charge in [0.2, 0.25) is 0 Å². The molecule has 0 aliphatic heterocycles. The first-order chi connectivity index (χ1) is 7.28. The average Bonchev–Trinajstić information content (AvgIpc) is 2.32. The van der Waals surface area contributed by atoms with Crippen LogP contribution in [0.2, 0.25) is 0 Å². The van der Waals surface area contributed by atoms with Crippen LogP contribution in [0.15, 0.2) is 16.7 Å². The normalized spacial score (nSPS) is 14.4. The van der Waals surface area contributed by atoms with Crippen molar-refractivity contribution in [2.75, 3.05) is 0 Å². The van der Waals surface area contributed by atoms with Gasteiger partial charge in [-0.05, 0) is 0 Å². The van der Waals surface area contributed by atoms with E-state index in [0.717, 1.165) is 0 Å². The van der Waals surface area contributed by atoms with Crippen LogP contribution in [0.4, 0.5) is 0 Å². The van der Waals surface area contributed by atoms with E-state index in [4.69, 9.17) is 19.8 Å². The summed E-state index contributed by atoms with van der Waals surface area (Å²) in [7, 11) is 0. The van der Waals surface area contributed by atoms with Gasteiger partial charge in [0.25, 0.3) is 12.9 Å². The molecule has 0 radical (unpaired) electrons. The molecule has 2 N–H and O–H groups in total. The third-order valence-corrected chi connectivity index (χ3v) is 2.56. The topological polar surface area (TPSA) is 74.6 Å². The standard InChI is InChI=1S/C10H15.2CH2O2.ClH.Ti/c1-7-6-10(4,5)9(3)8(7)2;2*2-1-3;;/h1-5H3;2*1H,(H,2,3);1H;/q-1;;;;/p-1. The Bertz CT molecular complexity index is 303. The van der Waals surface area contributed by atoms with E-state index in [-0.39, 0.29) is 52.5 Å². The Hall–Kier alpha value is -0.576. The smallest absolute Gasteiger partial charge is 0.290 e. The van der Waals surface area contributed by atoms with Crippen molar-refractivity contribution in [1.82, 2.24) is 0 Å². The van der Waals surface area contributed by atoms with Gasteiger partial charge in [-0.25, -0.2) is 5.57 Å². The summed E-state index contributed by atoms with van der Waals surface area (Å²) in [5.74, 6) is 0. The van der Waals surface area contributed by atoms with Gasteiger partial charge in [0.15, 0.2) is 0 Å². The first kappa shape index (κ1) is 26.1. The van der Waals surface area contributed by atoms with Crippen LogP contribution in [0, 0.1) is 11.5 Å². The molecule has 0 aromatic rings. The molecule has 1 rings (SSSR count).